The standard InChI is InChI=1S/C15H13ClN2O4S/c1-7-10(15(21)22-2)14(23-11(7)12(17)19)18-13(20)8-3-5-9(16)6-4-8/h3-6H,1-2H3,(H2,17,19)(H,18,20). The van der Waals surface area contributed by atoms with Crippen LogP contribution in [0.4, 0.5) is 5.00 Å². The lowest BCUT2D eigenvalue weighted by atomic mass is 10.1. The molecule has 6 nitrogen and oxygen atoms in total. The van der Waals surface area contributed by atoms with E-state index in [0.29, 0.717) is 16.1 Å². The Morgan fingerprint density at radius 1 is 1.22 bits per heavy atom. The number of halogens is 1. The molecule has 2 aromatic rings. The van der Waals surface area contributed by atoms with Crippen LogP contribution in [-0.4, -0.2) is 24.9 Å². The molecule has 2 amide bonds. The van der Waals surface area contributed by atoms with Gasteiger partial charge in [0, 0.05) is 10.6 Å². The van der Waals surface area contributed by atoms with Crippen LogP contribution in [-0.2, 0) is 4.74 Å². The summed E-state index contributed by atoms with van der Waals surface area (Å²) in [6, 6.07) is 6.24. The maximum Gasteiger partial charge on any atom is 0.341 e. The Morgan fingerprint density at radius 3 is 2.35 bits per heavy atom. The van der Waals surface area contributed by atoms with Crippen molar-refractivity contribution in [2.75, 3.05) is 12.4 Å². The first-order valence-electron chi connectivity index (χ1n) is 6.43. The Hall–Kier alpha value is -2.38. The van der Waals surface area contributed by atoms with Gasteiger partial charge in [-0.05, 0) is 36.8 Å². The summed E-state index contributed by atoms with van der Waals surface area (Å²) in [5.41, 5.74) is 6.14. The Bertz CT molecular complexity index is 784. The summed E-state index contributed by atoms with van der Waals surface area (Å²) < 4.78 is 4.70. The number of rotatable bonds is 4. The van der Waals surface area contributed by atoms with E-state index in [1.54, 1.807) is 31.2 Å². The number of carbonyl (C=O) groups is 3. The molecule has 0 aliphatic carbocycles. The fourth-order valence-corrected chi connectivity index (χ4v) is 3.13. The number of primary amides is 1. The Kier molecular flexibility index (Phi) is 5.02. The van der Waals surface area contributed by atoms with Crippen molar-refractivity contribution in [2.45, 2.75) is 6.92 Å². The molecule has 0 bridgehead atoms. The second-order valence-electron chi connectivity index (χ2n) is 4.58. The zero-order valence-electron chi connectivity index (χ0n) is 12.3. The average Bonchev–Trinajstić information content (AvgIpc) is 2.83. The van der Waals surface area contributed by atoms with Gasteiger partial charge in [0.05, 0.1) is 17.6 Å². The molecular formula is C15H13ClN2O4S. The minimum Gasteiger partial charge on any atom is -0.465 e. The molecule has 0 atom stereocenters. The molecule has 0 radical (unpaired) electrons. The van der Waals surface area contributed by atoms with Crippen molar-refractivity contribution in [2.24, 2.45) is 5.73 Å². The number of benzene rings is 1. The van der Waals surface area contributed by atoms with Gasteiger partial charge in [0.25, 0.3) is 11.8 Å². The van der Waals surface area contributed by atoms with Gasteiger partial charge in [-0.3, -0.25) is 9.59 Å². The lowest BCUT2D eigenvalue weighted by molar-refractivity contribution is 0.0601. The molecule has 0 saturated heterocycles. The number of esters is 1. The molecular weight excluding hydrogens is 340 g/mol. The third-order valence-corrected chi connectivity index (χ3v) is 4.57. The molecule has 2 rings (SSSR count). The maximum atomic E-state index is 12.3. The zero-order valence-corrected chi connectivity index (χ0v) is 13.9. The van der Waals surface area contributed by atoms with E-state index in [0.717, 1.165) is 11.3 Å². The number of ether oxygens (including phenoxy) is 1. The van der Waals surface area contributed by atoms with Gasteiger partial charge in [0.1, 0.15) is 5.00 Å². The van der Waals surface area contributed by atoms with E-state index >= 15 is 0 Å². The van der Waals surface area contributed by atoms with Crippen molar-refractivity contribution < 1.29 is 19.1 Å². The minimum atomic E-state index is -0.676. The molecule has 0 aliphatic heterocycles. The van der Waals surface area contributed by atoms with Crippen molar-refractivity contribution >= 4 is 45.7 Å². The quantitative estimate of drug-likeness (QED) is 0.826. The summed E-state index contributed by atoms with van der Waals surface area (Å²) in [7, 11) is 1.22. The molecule has 0 aliphatic rings. The van der Waals surface area contributed by atoms with Crippen LogP contribution in [0.15, 0.2) is 24.3 Å². The zero-order chi connectivity index (χ0) is 17.1. The number of amides is 2. The van der Waals surface area contributed by atoms with Crippen LogP contribution in [0.1, 0.15) is 36.0 Å². The third kappa shape index (κ3) is 3.52. The van der Waals surface area contributed by atoms with Crippen LogP contribution < -0.4 is 11.1 Å². The third-order valence-electron chi connectivity index (χ3n) is 3.09. The number of nitrogens with one attached hydrogen (secondary N) is 1. The highest BCUT2D eigenvalue weighted by Gasteiger charge is 2.25. The van der Waals surface area contributed by atoms with Gasteiger partial charge in [-0.15, -0.1) is 11.3 Å². The predicted octanol–water partition coefficient (Wildman–Crippen LogP) is 2.85. The summed E-state index contributed by atoms with van der Waals surface area (Å²) in [5.74, 6) is -1.77. The summed E-state index contributed by atoms with van der Waals surface area (Å²) in [5, 5.41) is 3.32. The molecule has 0 saturated carbocycles. The highest BCUT2D eigenvalue weighted by Crippen LogP contribution is 2.33. The summed E-state index contributed by atoms with van der Waals surface area (Å²) >= 11 is 6.71. The number of hydrogen-bond donors (Lipinski definition) is 2. The van der Waals surface area contributed by atoms with Gasteiger partial charge < -0.3 is 15.8 Å². The van der Waals surface area contributed by atoms with Crippen LogP contribution in [0, 0.1) is 6.92 Å². The monoisotopic (exact) mass is 352 g/mol. The average molecular weight is 353 g/mol. The van der Waals surface area contributed by atoms with Crippen molar-refractivity contribution in [1.29, 1.82) is 0 Å². The fraction of sp³-hybridized carbons (Fsp3) is 0.133. The normalized spacial score (nSPS) is 10.2. The van der Waals surface area contributed by atoms with Gasteiger partial charge in [-0.25, -0.2) is 4.79 Å². The van der Waals surface area contributed by atoms with Crippen molar-refractivity contribution in [3.8, 4) is 0 Å². The lowest BCUT2D eigenvalue weighted by Crippen LogP contribution is -2.14. The molecule has 8 heteroatoms. The first kappa shape index (κ1) is 17.0. The molecule has 0 unspecified atom stereocenters. The molecule has 120 valence electrons. The summed E-state index contributed by atoms with van der Waals surface area (Å²) in [6.45, 7) is 1.57. The molecule has 0 spiro atoms. The Balaban J connectivity index is 2.40. The first-order chi connectivity index (χ1) is 10.8. The van der Waals surface area contributed by atoms with Gasteiger partial charge in [-0.2, -0.15) is 0 Å². The number of nitrogens with two attached hydrogens (primary N) is 1. The fourth-order valence-electron chi connectivity index (χ4n) is 1.96. The van der Waals surface area contributed by atoms with E-state index in [1.807, 2.05) is 0 Å². The minimum absolute atomic E-state index is 0.119. The number of carbonyl (C=O) groups excluding carboxylic acids is 3. The predicted molar refractivity (Wildman–Crippen MR) is 88.3 cm³/mol. The van der Waals surface area contributed by atoms with Gasteiger partial charge in [0.15, 0.2) is 0 Å². The lowest BCUT2D eigenvalue weighted by Gasteiger charge is -2.06. The van der Waals surface area contributed by atoms with Crippen LogP contribution in [0.25, 0.3) is 0 Å². The molecule has 23 heavy (non-hydrogen) atoms. The van der Waals surface area contributed by atoms with Crippen molar-refractivity contribution in [1.82, 2.24) is 0 Å². The highest BCUT2D eigenvalue weighted by atomic mass is 35.5. The SMILES string of the molecule is COC(=O)c1c(NC(=O)c2ccc(Cl)cc2)sc(C(N)=O)c1C. The van der Waals surface area contributed by atoms with Gasteiger partial charge in [-0.1, -0.05) is 11.6 Å². The largest absolute Gasteiger partial charge is 0.465 e. The second kappa shape index (κ2) is 6.80. The molecule has 0 fully saturated rings. The molecule has 1 aromatic heterocycles. The van der Waals surface area contributed by atoms with Gasteiger partial charge in [0.2, 0.25) is 0 Å². The number of anilines is 1. The topological polar surface area (TPSA) is 98.5 Å². The smallest absolute Gasteiger partial charge is 0.341 e. The van der Waals surface area contributed by atoms with Crippen molar-refractivity contribution in [3.05, 3.63) is 50.9 Å². The van der Waals surface area contributed by atoms with Gasteiger partial charge >= 0.3 is 5.97 Å². The van der Waals surface area contributed by atoms with E-state index < -0.39 is 17.8 Å². The second-order valence-corrected chi connectivity index (χ2v) is 6.03. The summed E-state index contributed by atoms with van der Waals surface area (Å²) in [4.78, 5) is 35.8. The summed E-state index contributed by atoms with van der Waals surface area (Å²) in [6.07, 6.45) is 0. The molecule has 1 heterocycles. The van der Waals surface area contributed by atoms with Crippen LogP contribution in [0.5, 0.6) is 0 Å². The van der Waals surface area contributed by atoms with Crippen LogP contribution in [0.2, 0.25) is 5.02 Å². The van der Waals surface area contributed by atoms with Crippen molar-refractivity contribution in [3.63, 3.8) is 0 Å². The molecule has 3 N–H and O–H groups in total. The Labute approximate surface area is 141 Å². The van der Waals surface area contributed by atoms with E-state index in [2.05, 4.69) is 5.32 Å². The highest BCUT2D eigenvalue weighted by molar-refractivity contribution is 7.18. The number of thiophene rings is 1. The van der Waals surface area contributed by atoms with E-state index in [9.17, 15) is 14.4 Å². The molecule has 1 aromatic carbocycles. The Morgan fingerprint density at radius 2 is 1.83 bits per heavy atom. The van der Waals surface area contributed by atoms with Crippen LogP contribution >= 0.6 is 22.9 Å². The first-order valence-corrected chi connectivity index (χ1v) is 7.63. The van der Waals surface area contributed by atoms with E-state index in [1.165, 1.54) is 7.11 Å². The number of hydrogen-bond acceptors (Lipinski definition) is 5. The van der Waals surface area contributed by atoms with E-state index in [-0.39, 0.29) is 15.4 Å². The van der Waals surface area contributed by atoms with E-state index in [4.69, 9.17) is 22.1 Å². The maximum absolute atomic E-state index is 12.3. The van der Waals surface area contributed by atoms with Crippen LogP contribution in [0.3, 0.4) is 0 Å². The number of methoxy groups -OCH3 is 1.